The number of rotatable bonds is 4. The summed E-state index contributed by atoms with van der Waals surface area (Å²) in [5, 5.41) is 6.98. The normalized spacial score (nSPS) is 11.2. The second-order valence-electron chi connectivity index (χ2n) is 6.93. The molecule has 0 radical (unpaired) electrons. The van der Waals surface area contributed by atoms with Crippen molar-refractivity contribution in [2.45, 2.75) is 13.5 Å². The first-order valence-corrected chi connectivity index (χ1v) is 9.28. The van der Waals surface area contributed by atoms with E-state index in [9.17, 15) is 4.79 Å². The second kappa shape index (κ2) is 6.87. The molecule has 4 heterocycles. The molecule has 29 heavy (non-hydrogen) atoms. The Labute approximate surface area is 166 Å². The van der Waals surface area contributed by atoms with Crippen molar-refractivity contribution in [3.05, 3.63) is 88.9 Å². The summed E-state index contributed by atoms with van der Waals surface area (Å²) in [6.45, 7) is 2.48. The summed E-state index contributed by atoms with van der Waals surface area (Å²) < 4.78 is 1.69. The number of aromatic amines is 2. The lowest BCUT2D eigenvalue weighted by atomic mass is 10.1. The standard InChI is InChI=1S/C22H18N6O/c1-14-17(11-25-27-14)19-12-24-22-21(26-19)18(10-23-22)16-7-8-28(20(29)9-16)13-15-5-3-2-4-6-15/h2-12H,13H2,1H3,(H,23,24)(H,25,27). The molecule has 0 saturated carbocycles. The Hall–Kier alpha value is -4.00. The molecule has 142 valence electrons. The summed E-state index contributed by atoms with van der Waals surface area (Å²) in [5.74, 6) is 0. The van der Waals surface area contributed by atoms with Gasteiger partial charge in [0.25, 0.3) is 5.56 Å². The van der Waals surface area contributed by atoms with Gasteiger partial charge in [0.2, 0.25) is 0 Å². The molecule has 5 rings (SSSR count). The summed E-state index contributed by atoms with van der Waals surface area (Å²) in [5.41, 5.74) is 6.66. The van der Waals surface area contributed by atoms with Crippen LogP contribution in [0.5, 0.6) is 0 Å². The quantitative estimate of drug-likeness (QED) is 0.497. The molecule has 0 aliphatic heterocycles. The van der Waals surface area contributed by atoms with Crippen LogP contribution in [0.2, 0.25) is 0 Å². The molecular weight excluding hydrogens is 364 g/mol. The molecule has 0 unspecified atom stereocenters. The SMILES string of the molecule is Cc1[nH]ncc1-c1cnc2[nH]cc(-c3ccn(Cc4ccccc4)c(=O)c3)c2n1. The van der Waals surface area contributed by atoms with Gasteiger partial charge in [-0.2, -0.15) is 5.10 Å². The number of aryl methyl sites for hydroxylation is 1. The summed E-state index contributed by atoms with van der Waals surface area (Å²) in [6, 6.07) is 13.5. The van der Waals surface area contributed by atoms with Crippen LogP contribution >= 0.6 is 0 Å². The summed E-state index contributed by atoms with van der Waals surface area (Å²) in [7, 11) is 0. The predicted octanol–water partition coefficient (Wildman–Crippen LogP) is 3.53. The summed E-state index contributed by atoms with van der Waals surface area (Å²) >= 11 is 0. The smallest absolute Gasteiger partial charge is 0.251 e. The van der Waals surface area contributed by atoms with E-state index in [1.165, 1.54) is 0 Å². The fraction of sp³-hybridized carbons (Fsp3) is 0.0909. The third-order valence-corrected chi connectivity index (χ3v) is 4.99. The van der Waals surface area contributed by atoms with Crippen molar-refractivity contribution in [3.8, 4) is 22.4 Å². The number of aromatic nitrogens is 6. The zero-order valence-electron chi connectivity index (χ0n) is 15.8. The third-order valence-electron chi connectivity index (χ3n) is 4.99. The van der Waals surface area contributed by atoms with Gasteiger partial charge in [0, 0.05) is 35.3 Å². The highest BCUT2D eigenvalue weighted by Crippen LogP contribution is 2.28. The van der Waals surface area contributed by atoms with Gasteiger partial charge in [-0.15, -0.1) is 0 Å². The van der Waals surface area contributed by atoms with Crippen molar-refractivity contribution in [2.24, 2.45) is 0 Å². The van der Waals surface area contributed by atoms with Crippen LogP contribution in [0.25, 0.3) is 33.5 Å². The van der Waals surface area contributed by atoms with Crippen LogP contribution in [-0.4, -0.2) is 29.7 Å². The minimum atomic E-state index is -0.0597. The van der Waals surface area contributed by atoms with E-state index >= 15 is 0 Å². The average molecular weight is 382 g/mol. The van der Waals surface area contributed by atoms with E-state index in [1.807, 2.05) is 55.7 Å². The Morgan fingerprint density at radius 1 is 1.07 bits per heavy atom. The minimum absolute atomic E-state index is 0.0597. The van der Waals surface area contributed by atoms with Gasteiger partial charge in [-0.3, -0.25) is 9.89 Å². The predicted molar refractivity (Wildman–Crippen MR) is 111 cm³/mol. The van der Waals surface area contributed by atoms with Crippen molar-refractivity contribution in [1.82, 2.24) is 29.7 Å². The number of benzene rings is 1. The van der Waals surface area contributed by atoms with Crippen molar-refractivity contribution in [1.29, 1.82) is 0 Å². The second-order valence-corrected chi connectivity index (χ2v) is 6.93. The molecule has 0 aliphatic carbocycles. The first kappa shape index (κ1) is 17.1. The molecule has 2 N–H and O–H groups in total. The van der Waals surface area contributed by atoms with Crippen LogP contribution in [-0.2, 0) is 6.54 Å². The zero-order chi connectivity index (χ0) is 19.8. The van der Waals surface area contributed by atoms with E-state index in [2.05, 4.69) is 20.2 Å². The molecule has 0 bridgehead atoms. The van der Waals surface area contributed by atoms with E-state index in [4.69, 9.17) is 4.98 Å². The van der Waals surface area contributed by atoms with Crippen LogP contribution in [0.1, 0.15) is 11.3 Å². The number of fused-ring (bicyclic) bond motifs is 1. The van der Waals surface area contributed by atoms with Gasteiger partial charge < -0.3 is 9.55 Å². The van der Waals surface area contributed by atoms with Gasteiger partial charge in [-0.05, 0) is 24.1 Å². The molecular formula is C22H18N6O. The number of hydrogen-bond acceptors (Lipinski definition) is 4. The van der Waals surface area contributed by atoms with E-state index in [-0.39, 0.29) is 5.56 Å². The molecule has 5 aromatic rings. The van der Waals surface area contributed by atoms with E-state index in [0.29, 0.717) is 12.2 Å². The van der Waals surface area contributed by atoms with Crippen molar-refractivity contribution < 1.29 is 0 Å². The van der Waals surface area contributed by atoms with Crippen LogP contribution < -0.4 is 5.56 Å². The van der Waals surface area contributed by atoms with Gasteiger partial charge in [0.1, 0.15) is 5.52 Å². The van der Waals surface area contributed by atoms with Crippen LogP contribution in [0, 0.1) is 6.92 Å². The molecule has 0 spiro atoms. The minimum Gasteiger partial charge on any atom is -0.344 e. The third kappa shape index (κ3) is 3.12. The maximum absolute atomic E-state index is 12.7. The molecule has 0 aliphatic rings. The Balaban J connectivity index is 1.54. The first-order chi connectivity index (χ1) is 14.2. The van der Waals surface area contributed by atoms with Gasteiger partial charge in [-0.1, -0.05) is 30.3 Å². The van der Waals surface area contributed by atoms with Crippen molar-refractivity contribution >= 4 is 11.2 Å². The number of hydrogen-bond donors (Lipinski definition) is 2. The Kier molecular flexibility index (Phi) is 4.05. The van der Waals surface area contributed by atoms with Crippen LogP contribution in [0.4, 0.5) is 0 Å². The molecule has 0 amide bonds. The van der Waals surface area contributed by atoms with Crippen LogP contribution in [0.15, 0.2) is 72.0 Å². The topological polar surface area (TPSA) is 92.2 Å². The maximum atomic E-state index is 12.7. The van der Waals surface area contributed by atoms with E-state index in [1.54, 1.807) is 23.0 Å². The molecule has 4 aromatic heterocycles. The molecule has 0 atom stereocenters. The fourth-order valence-corrected chi connectivity index (χ4v) is 3.44. The Morgan fingerprint density at radius 3 is 2.69 bits per heavy atom. The zero-order valence-corrected chi connectivity index (χ0v) is 15.8. The van der Waals surface area contributed by atoms with Crippen LogP contribution in [0.3, 0.4) is 0 Å². The molecule has 0 saturated heterocycles. The highest BCUT2D eigenvalue weighted by Gasteiger charge is 2.13. The number of pyridine rings is 1. The lowest BCUT2D eigenvalue weighted by molar-refractivity contribution is 0.760. The number of nitrogens with zero attached hydrogens (tertiary/aromatic N) is 4. The van der Waals surface area contributed by atoms with E-state index < -0.39 is 0 Å². The number of H-pyrrole nitrogens is 2. The van der Waals surface area contributed by atoms with Gasteiger partial charge in [0.15, 0.2) is 5.65 Å². The van der Waals surface area contributed by atoms with Gasteiger partial charge >= 0.3 is 0 Å². The highest BCUT2D eigenvalue weighted by molar-refractivity contribution is 5.91. The summed E-state index contributed by atoms with van der Waals surface area (Å²) in [4.78, 5) is 25.1. The molecule has 0 fully saturated rings. The Bertz CT molecular complexity index is 1360. The monoisotopic (exact) mass is 382 g/mol. The van der Waals surface area contributed by atoms with E-state index in [0.717, 1.165) is 39.2 Å². The first-order valence-electron chi connectivity index (χ1n) is 9.28. The molecule has 7 heteroatoms. The highest BCUT2D eigenvalue weighted by atomic mass is 16.1. The lowest BCUT2D eigenvalue weighted by Crippen LogP contribution is -2.19. The average Bonchev–Trinajstić information content (AvgIpc) is 3.36. The summed E-state index contributed by atoms with van der Waals surface area (Å²) in [6.07, 6.45) is 7.12. The van der Waals surface area contributed by atoms with Gasteiger partial charge in [-0.25, -0.2) is 9.97 Å². The largest absolute Gasteiger partial charge is 0.344 e. The maximum Gasteiger partial charge on any atom is 0.251 e. The Morgan fingerprint density at radius 2 is 1.93 bits per heavy atom. The molecule has 1 aromatic carbocycles. The van der Waals surface area contributed by atoms with Crippen molar-refractivity contribution in [2.75, 3.05) is 0 Å². The fourth-order valence-electron chi connectivity index (χ4n) is 3.44. The molecule has 7 nitrogen and oxygen atoms in total. The lowest BCUT2D eigenvalue weighted by Gasteiger charge is -2.07. The number of nitrogens with one attached hydrogen (secondary N) is 2. The van der Waals surface area contributed by atoms with Crippen molar-refractivity contribution in [3.63, 3.8) is 0 Å². The van der Waals surface area contributed by atoms with Gasteiger partial charge in [0.05, 0.1) is 24.6 Å².